The van der Waals surface area contributed by atoms with Crippen molar-refractivity contribution in [3.05, 3.63) is 0 Å². The van der Waals surface area contributed by atoms with Crippen molar-refractivity contribution in [2.75, 3.05) is 13.2 Å². The molecular formula is C14H23NO15. The third-order valence-corrected chi connectivity index (χ3v) is 2.70. The largest absolute Gasteiger partial charge is 0.481 e. The molecule has 0 bridgehead atoms. The van der Waals surface area contributed by atoms with Crippen molar-refractivity contribution in [3.8, 4) is 0 Å². The van der Waals surface area contributed by atoms with Crippen LogP contribution in [-0.2, 0) is 28.8 Å². The lowest BCUT2D eigenvalue weighted by Crippen LogP contribution is -2.42. The van der Waals surface area contributed by atoms with E-state index in [2.05, 4.69) is 0 Å². The number of hydrogen-bond acceptors (Lipinski definition) is 10. The van der Waals surface area contributed by atoms with Crippen molar-refractivity contribution >= 4 is 35.8 Å². The second-order valence-corrected chi connectivity index (χ2v) is 5.47. The second-order valence-electron chi connectivity index (χ2n) is 5.47. The molecule has 11 N–H and O–H groups in total. The Labute approximate surface area is 167 Å². The fourth-order valence-corrected chi connectivity index (χ4v) is 1.43. The lowest BCUT2D eigenvalue weighted by molar-refractivity contribution is -0.170. The minimum Gasteiger partial charge on any atom is -0.481 e. The van der Waals surface area contributed by atoms with Gasteiger partial charge in [-0.1, -0.05) is 0 Å². The minimum absolute atomic E-state index is 0.0972. The summed E-state index contributed by atoms with van der Waals surface area (Å²) >= 11 is 0. The third-order valence-electron chi connectivity index (χ3n) is 2.70. The molecule has 0 aromatic carbocycles. The van der Waals surface area contributed by atoms with Gasteiger partial charge in [0.05, 0.1) is 32.3 Å². The van der Waals surface area contributed by atoms with Gasteiger partial charge in [0.1, 0.15) is 0 Å². The number of rotatable bonds is 11. The summed E-state index contributed by atoms with van der Waals surface area (Å²) in [5.41, 5.74) is -0.699. The summed E-state index contributed by atoms with van der Waals surface area (Å²) in [6.07, 6.45) is -4.58. The molecule has 0 saturated heterocycles. The number of carbonyl (C=O) groups is 6. The summed E-state index contributed by atoms with van der Waals surface area (Å²) in [5.74, 6) is -10.0. The molecule has 0 heterocycles. The highest BCUT2D eigenvalue weighted by Gasteiger charge is 2.41. The SMILES string of the molecule is NCCO.O=C(O)CC(O)(CC(=O)O)C(=O)O.O=C(O)CC(O)(CC(=O)O)C(=O)O. The van der Waals surface area contributed by atoms with Gasteiger partial charge >= 0.3 is 35.8 Å². The van der Waals surface area contributed by atoms with Crippen LogP contribution in [0, 0.1) is 0 Å². The molecule has 0 rings (SSSR count). The molecule has 0 saturated carbocycles. The van der Waals surface area contributed by atoms with Crippen LogP contribution in [-0.4, -0.2) is 106 Å². The number of aliphatic hydroxyl groups is 3. The van der Waals surface area contributed by atoms with E-state index >= 15 is 0 Å². The van der Waals surface area contributed by atoms with Crippen LogP contribution >= 0.6 is 0 Å². The highest BCUT2D eigenvalue weighted by molar-refractivity contribution is 5.88. The number of carboxylic acid groups (broad SMARTS) is 6. The van der Waals surface area contributed by atoms with E-state index in [-0.39, 0.29) is 6.61 Å². The average Bonchev–Trinajstić information content (AvgIpc) is 2.52. The summed E-state index contributed by atoms with van der Waals surface area (Å²) in [5, 5.41) is 75.4. The number of hydrogen-bond donors (Lipinski definition) is 10. The van der Waals surface area contributed by atoms with Gasteiger partial charge in [-0.05, 0) is 0 Å². The normalized spacial score (nSPS) is 10.4. The van der Waals surface area contributed by atoms with Crippen LogP contribution in [0.4, 0.5) is 0 Å². The topological polar surface area (TPSA) is 311 Å². The lowest BCUT2D eigenvalue weighted by Gasteiger charge is -2.18. The van der Waals surface area contributed by atoms with Crippen LogP contribution in [0.25, 0.3) is 0 Å². The van der Waals surface area contributed by atoms with E-state index < -0.39 is 72.7 Å². The first-order valence-electron chi connectivity index (χ1n) is 7.57. The van der Waals surface area contributed by atoms with Gasteiger partial charge in [0.25, 0.3) is 0 Å². The molecule has 174 valence electrons. The summed E-state index contributed by atoms with van der Waals surface area (Å²) in [6, 6.07) is 0. The highest BCUT2D eigenvalue weighted by Crippen LogP contribution is 2.16. The number of carboxylic acids is 6. The zero-order chi connectivity index (χ0) is 24.7. The number of aliphatic hydroxyl groups excluding tert-OH is 1. The maximum atomic E-state index is 10.3. The first-order chi connectivity index (χ1) is 13.5. The van der Waals surface area contributed by atoms with Gasteiger partial charge in [0, 0.05) is 6.54 Å². The Bertz CT molecular complexity index is 543. The van der Waals surface area contributed by atoms with Crippen LogP contribution in [0.5, 0.6) is 0 Å². The third kappa shape index (κ3) is 15.7. The van der Waals surface area contributed by atoms with Crippen molar-refractivity contribution in [1.29, 1.82) is 0 Å². The van der Waals surface area contributed by atoms with Crippen molar-refractivity contribution in [3.63, 3.8) is 0 Å². The smallest absolute Gasteiger partial charge is 0.336 e. The second kappa shape index (κ2) is 14.6. The Morgan fingerprint density at radius 3 is 0.800 bits per heavy atom. The number of aliphatic carboxylic acids is 6. The Morgan fingerprint density at radius 1 is 0.567 bits per heavy atom. The van der Waals surface area contributed by atoms with Gasteiger partial charge in [0.15, 0.2) is 11.2 Å². The fraction of sp³-hybridized carbons (Fsp3) is 0.571. The lowest BCUT2D eigenvalue weighted by atomic mass is 9.96. The molecule has 0 spiro atoms. The molecule has 0 aromatic heterocycles. The molecule has 0 aliphatic rings. The zero-order valence-electron chi connectivity index (χ0n) is 15.3. The summed E-state index contributed by atoms with van der Waals surface area (Å²) < 4.78 is 0. The Morgan fingerprint density at radius 2 is 0.733 bits per heavy atom. The first-order valence-corrected chi connectivity index (χ1v) is 7.57. The van der Waals surface area contributed by atoms with Gasteiger partial charge in [0.2, 0.25) is 0 Å². The van der Waals surface area contributed by atoms with Gasteiger partial charge in [-0.15, -0.1) is 0 Å². The van der Waals surface area contributed by atoms with Crippen LogP contribution in [0.3, 0.4) is 0 Å². The van der Waals surface area contributed by atoms with Crippen LogP contribution in [0.15, 0.2) is 0 Å². The predicted molar refractivity (Wildman–Crippen MR) is 90.3 cm³/mol. The molecule has 0 unspecified atom stereocenters. The maximum absolute atomic E-state index is 10.3. The monoisotopic (exact) mass is 445 g/mol. The van der Waals surface area contributed by atoms with E-state index in [0.717, 1.165) is 0 Å². The van der Waals surface area contributed by atoms with E-state index in [1.54, 1.807) is 0 Å². The average molecular weight is 445 g/mol. The number of nitrogens with two attached hydrogens (primary N) is 1. The van der Waals surface area contributed by atoms with Gasteiger partial charge in [-0.25, -0.2) is 9.59 Å². The molecular weight excluding hydrogens is 422 g/mol. The first kappa shape index (κ1) is 31.4. The van der Waals surface area contributed by atoms with Crippen molar-refractivity contribution in [2.24, 2.45) is 5.73 Å². The molecule has 16 nitrogen and oxygen atoms in total. The van der Waals surface area contributed by atoms with E-state index in [1.165, 1.54) is 0 Å². The Balaban J connectivity index is -0.000000412. The molecule has 16 heteroatoms. The summed E-state index contributed by atoms with van der Waals surface area (Å²) in [7, 11) is 0. The van der Waals surface area contributed by atoms with Crippen LogP contribution < -0.4 is 5.73 Å². The van der Waals surface area contributed by atoms with Crippen LogP contribution in [0.2, 0.25) is 0 Å². The van der Waals surface area contributed by atoms with E-state index in [1.807, 2.05) is 0 Å². The predicted octanol–water partition coefficient (Wildman–Crippen LogP) is -3.56. The van der Waals surface area contributed by atoms with Crippen molar-refractivity contribution in [1.82, 2.24) is 0 Å². The standard InChI is InChI=1S/2C6H8O7.C2H7NO/c2*7-3(8)1-6(13,5(11)12)2-4(9)10;3-1-2-4/h2*13H,1-2H2,(H,7,8)(H,9,10)(H,11,12);4H,1-3H2. The minimum atomic E-state index is -2.74. The molecule has 0 amide bonds. The Hall–Kier alpha value is -3.34. The van der Waals surface area contributed by atoms with E-state index in [9.17, 15) is 28.8 Å². The molecule has 0 aliphatic carbocycles. The van der Waals surface area contributed by atoms with Crippen LogP contribution in [0.1, 0.15) is 25.7 Å². The van der Waals surface area contributed by atoms with Gasteiger partial charge in [-0.3, -0.25) is 19.2 Å². The quantitative estimate of drug-likeness (QED) is 0.147. The molecule has 0 aromatic rings. The highest BCUT2D eigenvalue weighted by atomic mass is 16.4. The zero-order valence-corrected chi connectivity index (χ0v) is 15.3. The van der Waals surface area contributed by atoms with Gasteiger partial charge < -0.3 is 51.7 Å². The molecule has 0 radical (unpaired) electrons. The maximum Gasteiger partial charge on any atom is 0.336 e. The molecule has 30 heavy (non-hydrogen) atoms. The summed E-state index contributed by atoms with van der Waals surface area (Å²) in [6.45, 7) is 0.472. The van der Waals surface area contributed by atoms with E-state index in [0.29, 0.717) is 6.54 Å². The molecule has 0 fully saturated rings. The Kier molecular flexibility index (Phi) is 15.3. The van der Waals surface area contributed by atoms with Crippen molar-refractivity contribution < 1.29 is 74.7 Å². The van der Waals surface area contributed by atoms with Crippen molar-refractivity contribution in [2.45, 2.75) is 36.9 Å². The summed E-state index contributed by atoms with van der Waals surface area (Å²) in [4.78, 5) is 61.0. The molecule has 0 aliphatic heterocycles. The fourth-order valence-electron chi connectivity index (χ4n) is 1.43. The van der Waals surface area contributed by atoms with Gasteiger partial charge in [-0.2, -0.15) is 0 Å². The van der Waals surface area contributed by atoms with E-state index in [4.69, 9.17) is 51.7 Å². The molecule has 0 atom stereocenters.